The predicted octanol–water partition coefficient (Wildman–Crippen LogP) is 3.67. The largest absolute Gasteiger partial charge is 0.320 e. The topological polar surface area (TPSA) is 51.8 Å². The molecule has 0 spiro atoms. The molecule has 0 atom stereocenters. The van der Waals surface area contributed by atoms with Crippen LogP contribution >= 0.6 is 31.9 Å². The third-order valence-corrected chi connectivity index (χ3v) is 3.97. The smallest absolute Gasteiger partial charge is 0.111 e. The fraction of sp³-hybridized carbons (Fsp3) is 0.231. The van der Waals surface area contributed by atoms with Crippen molar-refractivity contribution in [2.45, 2.75) is 19.9 Å². The van der Waals surface area contributed by atoms with Crippen molar-refractivity contribution in [2.75, 3.05) is 0 Å². The molecule has 3 nitrogen and oxygen atoms in total. The lowest BCUT2D eigenvalue weighted by molar-refractivity contribution is 0.834. The number of rotatable bonds is 2. The highest BCUT2D eigenvalue weighted by molar-refractivity contribution is 9.10. The molecule has 0 unspecified atom stereocenters. The van der Waals surface area contributed by atoms with Crippen LogP contribution in [0.5, 0.6) is 0 Å². The number of pyridine rings is 2. The molecule has 2 N–H and O–H groups in total. The standard InChI is InChI=1S/C13H13Br2N3/c1-7-3-5-9(12(14)17-7)11(16)10-6-4-8(2)18-13(10)15/h3-6,11H,16H2,1-2H3. The van der Waals surface area contributed by atoms with E-state index in [2.05, 4.69) is 41.8 Å². The van der Waals surface area contributed by atoms with Gasteiger partial charge in [0.25, 0.3) is 0 Å². The highest BCUT2D eigenvalue weighted by Gasteiger charge is 2.16. The van der Waals surface area contributed by atoms with Crippen LogP contribution in [0.25, 0.3) is 0 Å². The fourth-order valence-electron chi connectivity index (χ4n) is 1.70. The van der Waals surface area contributed by atoms with Crippen molar-refractivity contribution in [2.24, 2.45) is 5.73 Å². The molecule has 18 heavy (non-hydrogen) atoms. The first-order valence-electron chi connectivity index (χ1n) is 5.50. The average molecular weight is 371 g/mol. The molecule has 94 valence electrons. The Morgan fingerprint density at radius 1 is 0.889 bits per heavy atom. The van der Waals surface area contributed by atoms with Gasteiger partial charge in [-0.2, -0.15) is 0 Å². The van der Waals surface area contributed by atoms with Gasteiger partial charge >= 0.3 is 0 Å². The molecule has 0 radical (unpaired) electrons. The molecule has 2 aromatic heterocycles. The number of hydrogen-bond acceptors (Lipinski definition) is 3. The first kappa shape index (κ1) is 13.6. The summed E-state index contributed by atoms with van der Waals surface area (Å²) < 4.78 is 1.56. The first-order chi connectivity index (χ1) is 8.49. The normalized spacial score (nSPS) is 11.0. The summed E-state index contributed by atoms with van der Waals surface area (Å²) in [5.41, 5.74) is 10.1. The number of nitrogens with zero attached hydrogens (tertiary/aromatic N) is 2. The van der Waals surface area contributed by atoms with Gasteiger partial charge in [-0.15, -0.1) is 0 Å². The quantitative estimate of drug-likeness (QED) is 0.820. The zero-order chi connectivity index (χ0) is 13.3. The maximum Gasteiger partial charge on any atom is 0.111 e. The Balaban J connectivity index is 2.44. The molecule has 0 amide bonds. The van der Waals surface area contributed by atoms with Crippen LogP contribution in [0.1, 0.15) is 28.6 Å². The van der Waals surface area contributed by atoms with Gasteiger partial charge in [0.05, 0.1) is 6.04 Å². The number of aromatic nitrogens is 2. The second kappa shape index (κ2) is 5.47. The van der Waals surface area contributed by atoms with Crippen molar-refractivity contribution in [3.63, 3.8) is 0 Å². The lowest BCUT2D eigenvalue weighted by Crippen LogP contribution is -2.14. The second-order valence-corrected chi connectivity index (χ2v) is 5.65. The maximum atomic E-state index is 6.28. The average Bonchev–Trinajstić information content (AvgIpc) is 2.28. The van der Waals surface area contributed by atoms with Crippen LogP contribution in [0, 0.1) is 13.8 Å². The van der Waals surface area contributed by atoms with Crippen LogP contribution in [0.2, 0.25) is 0 Å². The molecule has 0 aliphatic heterocycles. The van der Waals surface area contributed by atoms with E-state index in [-0.39, 0.29) is 6.04 Å². The van der Waals surface area contributed by atoms with Gasteiger partial charge in [-0.05, 0) is 57.8 Å². The molecule has 2 heterocycles. The molecule has 0 aromatic carbocycles. The Morgan fingerprint density at radius 2 is 1.28 bits per heavy atom. The Labute approximate surface area is 123 Å². The van der Waals surface area contributed by atoms with E-state index in [4.69, 9.17) is 5.73 Å². The van der Waals surface area contributed by atoms with Crippen LogP contribution in [0.15, 0.2) is 33.5 Å². The molecule has 0 fully saturated rings. The number of nitrogens with two attached hydrogens (primary N) is 1. The summed E-state index contributed by atoms with van der Waals surface area (Å²) in [4.78, 5) is 8.74. The summed E-state index contributed by atoms with van der Waals surface area (Å²) in [6, 6.07) is 7.63. The van der Waals surface area contributed by atoms with Gasteiger partial charge in [0.15, 0.2) is 0 Å². The van der Waals surface area contributed by atoms with E-state index in [1.54, 1.807) is 0 Å². The van der Waals surface area contributed by atoms with Crippen LogP contribution in [-0.4, -0.2) is 9.97 Å². The minimum atomic E-state index is -0.255. The van der Waals surface area contributed by atoms with Gasteiger partial charge in [-0.25, -0.2) is 9.97 Å². The highest BCUT2D eigenvalue weighted by atomic mass is 79.9. The fourth-order valence-corrected chi connectivity index (χ4v) is 3.02. The van der Waals surface area contributed by atoms with Crippen LogP contribution in [-0.2, 0) is 0 Å². The molecule has 2 rings (SSSR count). The van der Waals surface area contributed by atoms with E-state index in [1.165, 1.54) is 0 Å². The Hall–Kier alpha value is -0.780. The lowest BCUT2D eigenvalue weighted by atomic mass is 10.0. The molecule has 0 aliphatic carbocycles. The lowest BCUT2D eigenvalue weighted by Gasteiger charge is -2.15. The van der Waals surface area contributed by atoms with E-state index in [0.29, 0.717) is 0 Å². The summed E-state index contributed by atoms with van der Waals surface area (Å²) >= 11 is 6.91. The molecule has 0 bridgehead atoms. The zero-order valence-corrected chi connectivity index (χ0v) is 13.3. The monoisotopic (exact) mass is 369 g/mol. The van der Waals surface area contributed by atoms with E-state index < -0.39 is 0 Å². The van der Waals surface area contributed by atoms with Crippen molar-refractivity contribution in [3.05, 3.63) is 56.0 Å². The van der Waals surface area contributed by atoms with Gasteiger partial charge in [-0.1, -0.05) is 12.1 Å². The van der Waals surface area contributed by atoms with Crippen molar-refractivity contribution in [1.82, 2.24) is 9.97 Å². The molecule has 0 saturated carbocycles. The van der Waals surface area contributed by atoms with Crippen molar-refractivity contribution >= 4 is 31.9 Å². The third-order valence-electron chi connectivity index (χ3n) is 2.70. The molecule has 2 aromatic rings. The second-order valence-electron chi connectivity index (χ2n) is 4.14. The summed E-state index contributed by atoms with van der Waals surface area (Å²) in [6.45, 7) is 3.90. The van der Waals surface area contributed by atoms with Crippen LogP contribution in [0.4, 0.5) is 0 Å². The molecule has 0 saturated heterocycles. The van der Waals surface area contributed by atoms with Gasteiger partial charge in [-0.3, -0.25) is 0 Å². The van der Waals surface area contributed by atoms with Crippen LogP contribution in [0.3, 0.4) is 0 Å². The number of aryl methyl sites for hydroxylation is 2. The summed E-state index contributed by atoms with van der Waals surface area (Å²) in [5.74, 6) is 0. The Morgan fingerprint density at radius 3 is 1.61 bits per heavy atom. The third kappa shape index (κ3) is 2.79. The Bertz CT molecular complexity index is 533. The molecule has 0 aliphatic rings. The molecule has 5 heteroatoms. The minimum absolute atomic E-state index is 0.255. The van der Waals surface area contributed by atoms with Gasteiger partial charge in [0.2, 0.25) is 0 Å². The van der Waals surface area contributed by atoms with Gasteiger partial charge < -0.3 is 5.73 Å². The zero-order valence-electron chi connectivity index (χ0n) is 10.1. The summed E-state index contributed by atoms with van der Waals surface area (Å²) in [5, 5.41) is 0. The minimum Gasteiger partial charge on any atom is -0.320 e. The SMILES string of the molecule is Cc1ccc(C(N)c2ccc(C)nc2Br)c(Br)n1. The number of halogens is 2. The van der Waals surface area contributed by atoms with Gasteiger partial charge in [0.1, 0.15) is 9.21 Å². The summed E-state index contributed by atoms with van der Waals surface area (Å²) in [7, 11) is 0. The summed E-state index contributed by atoms with van der Waals surface area (Å²) in [6.07, 6.45) is 0. The van der Waals surface area contributed by atoms with E-state index in [1.807, 2.05) is 38.1 Å². The first-order valence-corrected chi connectivity index (χ1v) is 7.09. The van der Waals surface area contributed by atoms with Crippen molar-refractivity contribution in [1.29, 1.82) is 0 Å². The van der Waals surface area contributed by atoms with E-state index >= 15 is 0 Å². The highest BCUT2D eigenvalue weighted by Crippen LogP contribution is 2.29. The van der Waals surface area contributed by atoms with Gasteiger partial charge in [0, 0.05) is 22.5 Å². The van der Waals surface area contributed by atoms with Crippen molar-refractivity contribution in [3.8, 4) is 0 Å². The van der Waals surface area contributed by atoms with Crippen molar-refractivity contribution < 1.29 is 0 Å². The maximum absolute atomic E-state index is 6.28. The number of hydrogen-bond donors (Lipinski definition) is 1. The van der Waals surface area contributed by atoms with E-state index in [0.717, 1.165) is 31.7 Å². The van der Waals surface area contributed by atoms with Crippen LogP contribution < -0.4 is 5.73 Å². The van der Waals surface area contributed by atoms with E-state index in [9.17, 15) is 0 Å². The predicted molar refractivity (Wildman–Crippen MR) is 79.4 cm³/mol. The molecular weight excluding hydrogens is 358 g/mol. The molecular formula is C13H13Br2N3. The Kier molecular flexibility index (Phi) is 4.14.